The summed E-state index contributed by atoms with van der Waals surface area (Å²) in [6.45, 7) is 4.44. The van der Waals surface area contributed by atoms with Crippen LogP contribution in [0, 0.1) is 0 Å². The number of hydrogen-bond acceptors (Lipinski definition) is 4. The first-order valence-corrected chi connectivity index (χ1v) is 8.73. The standard InChI is InChI=1S/C10H16Cl2N2O2S2/c1-3-14-18(15,16)5-4-13-7(2)8-6-9(11)17-10(8)12/h6-7,13-14H,3-5H2,1-2H3. The minimum absolute atomic E-state index is 0.0296. The molecular formula is C10H16Cl2N2O2S2. The lowest BCUT2D eigenvalue weighted by atomic mass is 10.2. The fourth-order valence-corrected chi connectivity index (χ4v) is 4.08. The molecule has 0 fully saturated rings. The van der Waals surface area contributed by atoms with E-state index in [2.05, 4.69) is 10.0 Å². The maximum absolute atomic E-state index is 11.4. The van der Waals surface area contributed by atoms with E-state index in [-0.39, 0.29) is 11.8 Å². The summed E-state index contributed by atoms with van der Waals surface area (Å²) >= 11 is 13.2. The highest BCUT2D eigenvalue weighted by Gasteiger charge is 2.14. The van der Waals surface area contributed by atoms with Gasteiger partial charge in [-0.1, -0.05) is 30.1 Å². The summed E-state index contributed by atoms with van der Waals surface area (Å²) < 4.78 is 26.5. The third-order valence-corrected chi connectivity index (χ3v) is 5.32. The summed E-state index contributed by atoms with van der Waals surface area (Å²) in [7, 11) is -3.18. The van der Waals surface area contributed by atoms with E-state index in [1.165, 1.54) is 11.3 Å². The van der Waals surface area contributed by atoms with E-state index in [0.29, 0.717) is 21.8 Å². The molecule has 0 aliphatic carbocycles. The van der Waals surface area contributed by atoms with Gasteiger partial charge in [0.2, 0.25) is 10.0 Å². The Kier molecular flexibility index (Phi) is 6.37. The van der Waals surface area contributed by atoms with Crippen LogP contribution in [0.3, 0.4) is 0 Å². The number of halogens is 2. The summed E-state index contributed by atoms with van der Waals surface area (Å²) in [5, 5.41) is 3.11. The van der Waals surface area contributed by atoms with E-state index >= 15 is 0 Å². The fourth-order valence-electron chi connectivity index (χ4n) is 1.46. The van der Waals surface area contributed by atoms with Gasteiger partial charge >= 0.3 is 0 Å². The molecule has 0 aliphatic heterocycles. The van der Waals surface area contributed by atoms with Gasteiger partial charge in [0.05, 0.1) is 14.4 Å². The minimum Gasteiger partial charge on any atom is -0.309 e. The highest BCUT2D eigenvalue weighted by molar-refractivity contribution is 7.89. The molecule has 1 aromatic rings. The Labute approximate surface area is 122 Å². The number of rotatable bonds is 7. The molecule has 1 atom stereocenters. The zero-order valence-corrected chi connectivity index (χ0v) is 13.3. The van der Waals surface area contributed by atoms with Crippen molar-refractivity contribution in [3.8, 4) is 0 Å². The van der Waals surface area contributed by atoms with E-state index in [1.807, 2.05) is 6.92 Å². The molecule has 104 valence electrons. The molecule has 1 heterocycles. The quantitative estimate of drug-likeness (QED) is 0.808. The van der Waals surface area contributed by atoms with Crippen molar-refractivity contribution in [1.82, 2.24) is 10.0 Å². The topological polar surface area (TPSA) is 58.2 Å². The van der Waals surface area contributed by atoms with Gasteiger partial charge < -0.3 is 5.32 Å². The van der Waals surface area contributed by atoms with Gasteiger partial charge in [-0.25, -0.2) is 13.1 Å². The van der Waals surface area contributed by atoms with E-state index < -0.39 is 10.0 Å². The van der Waals surface area contributed by atoms with E-state index in [0.717, 1.165) is 5.56 Å². The average molecular weight is 331 g/mol. The smallest absolute Gasteiger partial charge is 0.212 e. The van der Waals surface area contributed by atoms with Crippen LogP contribution in [0.25, 0.3) is 0 Å². The van der Waals surface area contributed by atoms with Crippen LogP contribution >= 0.6 is 34.5 Å². The van der Waals surface area contributed by atoms with Crippen molar-refractivity contribution in [2.24, 2.45) is 0 Å². The molecule has 0 saturated carbocycles. The van der Waals surface area contributed by atoms with Crippen LogP contribution in [0.4, 0.5) is 0 Å². The van der Waals surface area contributed by atoms with Crippen molar-refractivity contribution in [2.45, 2.75) is 19.9 Å². The van der Waals surface area contributed by atoms with Crippen molar-refractivity contribution in [1.29, 1.82) is 0 Å². The average Bonchev–Trinajstić information content (AvgIpc) is 2.57. The molecule has 0 aliphatic rings. The van der Waals surface area contributed by atoms with Gasteiger partial charge in [-0.05, 0) is 18.6 Å². The molecule has 1 unspecified atom stereocenters. The highest BCUT2D eigenvalue weighted by atomic mass is 35.5. The summed E-state index contributed by atoms with van der Waals surface area (Å²) in [6.07, 6.45) is 0. The largest absolute Gasteiger partial charge is 0.309 e. The van der Waals surface area contributed by atoms with Crippen LogP contribution in [-0.2, 0) is 10.0 Å². The van der Waals surface area contributed by atoms with Crippen LogP contribution in [0.5, 0.6) is 0 Å². The van der Waals surface area contributed by atoms with Crippen molar-refractivity contribution in [3.05, 3.63) is 20.3 Å². The normalized spacial score (nSPS) is 13.8. The highest BCUT2D eigenvalue weighted by Crippen LogP contribution is 2.34. The third kappa shape index (κ3) is 5.03. The second-order valence-electron chi connectivity index (χ2n) is 3.77. The van der Waals surface area contributed by atoms with E-state index in [9.17, 15) is 8.42 Å². The first-order chi connectivity index (χ1) is 8.35. The molecule has 0 radical (unpaired) electrons. The maximum atomic E-state index is 11.4. The van der Waals surface area contributed by atoms with Gasteiger partial charge in [0.1, 0.15) is 0 Å². The Bertz CT molecular complexity index is 488. The van der Waals surface area contributed by atoms with E-state index in [4.69, 9.17) is 23.2 Å². The fraction of sp³-hybridized carbons (Fsp3) is 0.600. The van der Waals surface area contributed by atoms with Crippen molar-refractivity contribution in [3.63, 3.8) is 0 Å². The van der Waals surface area contributed by atoms with Gasteiger partial charge in [-0.15, -0.1) is 11.3 Å². The molecule has 1 aromatic heterocycles. The Morgan fingerprint density at radius 1 is 1.44 bits per heavy atom. The first kappa shape index (κ1) is 16.2. The Hall–Kier alpha value is 0.150. The molecular weight excluding hydrogens is 315 g/mol. The van der Waals surface area contributed by atoms with Crippen LogP contribution in [-0.4, -0.2) is 27.3 Å². The summed E-state index contributed by atoms with van der Waals surface area (Å²) in [4.78, 5) is 0. The molecule has 0 aromatic carbocycles. The number of sulfonamides is 1. The molecule has 8 heteroatoms. The van der Waals surface area contributed by atoms with Crippen LogP contribution in [0.2, 0.25) is 8.67 Å². The molecule has 0 amide bonds. The summed E-state index contributed by atoms with van der Waals surface area (Å²) in [5.41, 5.74) is 0.896. The summed E-state index contributed by atoms with van der Waals surface area (Å²) in [5.74, 6) is 0.0423. The Morgan fingerprint density at radius 2 is 2.11 bits per heavy atom. The van der Waals surface area contributed by atoms with Gasteiger partial charge in [0.15, 0.2) is 0 Å². The van der Waals surface area contributed by atoms with E-state index in [1.54, 1.807) is 13.0 Å². The zero-order chi connectivity index (χ0) is 13.8. The monoisotopic (exact) mass is 330 g/mol. The summed E-state index contributed by atoms with van der Waals surface area (Å²) in [6, 6.07) is 1.77. The van der Waals surface area contributed by atoms with Crippen molar-refractivity contribution < 1.29 is 8.42 Å². The van der Waals surface area contributed by atoms with Crippen molar-refractivity contribution in [2.75, 3.05) is 18.8 Å². The molecule has 18 heavy (non-hydrogen) atoms. The molecule has 4 nitrogen and oxygen atoms in total. The third-order valence-electron chi connectivity index (χ3n) is 2.34. The predicted octanol–water partition coefficient (Wildman–Crippen LogP) is 2.64. The first-order valence-electron chi connectivity index (χ1n) is 5.51. The van der Waals surface area contributed by atoms with Gasteiger partial charge in [-0.3, -0.25) is 0 Å². The lowest BCUT2D eigenvalue weighted by Crippen LogP contribution is -2.32. The minimum atomic E-state index is -3.18. The number of hydrogen-bond donors (Lipinski definition) is 2. The molecule has 2 N–H and O–H groups in total. The SMILES string of the molecule is CCNS(=O)(=O)CCNC(C)c1cc(Cl)sc1Cl. The Morgan fingerprint density at radius 3 is 2.61 bits per heavy atom. The van der Waals surface area contributed by atoms with Crippen LogP contribution < -0.4 is 10.0 Å². The van der Waals surface area contributed by atoms with Crippen molar-refractivity contribution >= 4 is 44.6 Å². The lowest BCUT2D eigenvalue weighted by molar-refractivity contribution is 0.564. The second-order valence-corrected chi connectivity index (χ2v) is 7.98. The molecule has 0 bridgehead atoms. The molecule has 1 rings (SSSR count). The number of nitrogens with one attached hydrogen (secondary N) is 2. The van der Waals surface area contributed by atoms with Gasteiger partial charge in [0, 0.05) is 19.1 Å². The lowest BCUT2D eigenvalue weighted by Gasteiger charge is -2.13. The van der Waals surface area contributed by atoms with Gasteiger partial charge in [-0.2, -0.15) is 0 Å². The van der Waals surface area contributed by atoms with Crippen LogP contribution in [0.1, 0.15) is 25.5 Å². The molecule has 0 spiro atoms. The second kappa shape index (κ2) is 7.07. The van der Waals surface area contributed by atoms with Crippen LogP contribution in [0.15, 0.2) is 6.07 Å². The maximum Gasteiger partial charge on any atom is 0.212 e. The predicted molar refractivity (Wildman–Crippen MR) is 78.2 cm³/mol. The van der Waals surface area contributed by atoms with Gasteiger partial charge in [0.25, 0.3) is 0 Å². The zero-order valence-electron chi connectivity index (χ0n) is 10.2. The Balaban J connectivity index is 2.47. The molecule has 0 saturated heterocycles. The number of thiophene rings is 1.